The van der Waals surface area contributed by atoms with Crippen LogP contribution in [0.25, 0.3) is 11.1 Å². The van der Waals surface area contributed by atoms with E-state index >= 15 is 0 Å². The van der Waals surface area contributed by atoms with E-state index in [-0.39, 0.29) is 23.4 Å². The molecule has 0 aliphatic heterocycles. The van der Waals surface area contributed by atoms with Gasteiger partial charge in [0.25, 0.3) is 5.89 Å². The molecule has 2 atom stereocenters. The monoisotopic (exact) mass is 485 g/mol. The molecule has 0 aliphatic rings. The summed E-state index contributed by atoms with van der Waals surface area (Å²) >= 11 is 0. The number of hydrogen-bond donors (Lipinski definition) is 2. The molecule has 2 N–H and O–H groups in total. The molecule has 0 aliphatic carbocycles. The first-order valence-electron chi connectivity index (χ1n) is 11.4. The van der Waals surface area contributed by atoms with E-state index in [1.54, 1.807) is 48.5 Å². The Balaban J connectivity index is 1.76. The third-order valence-electron chi connectivity index (χ3n) is 5.22. The Hall–Kier alpha value is -3.04. The van der Waals surface area contributed by atoms with Crippen LogP contribution >= 0.6 is 0 Å². The molecule has 0 spiro atoms. The lowest BCUT2D eigenvalue weighted by atomic mass is 10.1. The molecule has 0 fully saturated rings. The smallest absolute Gasteiger partial charge is 0.266 e. The second-order valence-corrected chi connectivity index (χ2v) is 10.7. The molecule has 182 valence electrons. The molecule has 0 saturated heterocycles. The van der Waals surface area contributed by atoms with Gasteiger partial charge in [-0.2, -0.15) is 0 Å². The zero-order valence-corrected chi connectivity index (χ0v) is 20.5. The van der Waals surface area contributed by atoms with Crippen molar-refractivity contribution in [3.8, 4) is 0 Å². The Labute approximate surface area is 200 Å². The van der Waals surface area contributed by atoms with Gasteiger partial charge in [0.15, 0.2) is 15.4 Å². The molecule has 2 aromatic carbocycles. The number of oxazole rings is 1. The number of carbonyl (C=O) groups is 2. The van der Waals surface area contributed by atoms with Gasteiger partial charge in [-0.05, 0) is 24.1 Å². The summed E-state index contributed by atoms with van der Waals surface area (Å²) in [5, 5.41) is 5.76. The standard InChI is InChI=1S/C25H31N3O5S/c1-4-10-20(23(29)25-28-19-13-8-9-14-22(19)33-25)27-24(30)21(26-17(2)3)16-34(31,32)15-18-11-6-5-7-12-18/h5-9,11-14,17,20-21,26H,4,10,15-16H2,1-3H3,(H,27,30)/t20-,21?/m0/s1. The second kappa shape index (κ2) is 11.4. The van der Waals surface area contributed by atoms with Gasteiger partial charge in [-0.1, -0.05) is 69.7 Å². The second-order valence-electron chi connectivity index (χ2n) is 8.61. The zero-order chi connectivity index (χ0) is 24.7. The number of Topliss-reactive ketones (excluding diaryl/α,β-unsaturated/α-hetero) is 1. The van der Waals surface area contributed by atoms with E-state index in [9.17, 15) is 18.0 Å². The van der Waals surface area contributed by atoms with E-state index in [4.69, 9.17) is 4.42 Å². The summed E-state index contributed by atoms with van der Waals surface area (Å²) in [6.45, 7) is 5.56. The Kier molecular flexibility index (Phi) is 8.57. The topological polar surface area (TPSA) is 118 Å². The van der Waals surface area contributed by atoms with Crippen LogP contribution < -0.4 is 10.6 Å². The van der Waals surface area contributed by atoms with E-state index in [0.29, 0.717) is 29.5 Å². The summed E-state index contributed by atoms with van der Waals surface area (Å²) < 4.78 is 31.3. The third-order valence-corrected chi connectivity index (χ3v) is 6.83. The van der Waals surface area contributed by atoms with Gasteiger partial charge in [0.2, 0.25) is 11.7 Å². The van der Waals surface area contributed by atoms with Crippen LogP contribution in [0.1, 0.15) is 49.9 Å². The lowest BCUT2D eigenvalue weighted by molar-refractivity contribution is -0.123. The summed E-state index contributed by atoms with van der Waals surface area (Å²) in [5.74, 6) is -1.63. The van der Waals surface area contributed by atoms with Crippen molar-refractivity contribution in [2.75, 3.05) is 5.75 Å². The van der Waals surface area contributed by atoms with Crippen LogP contribution in [0.5, 0.6) is 0 Å². The minimum absolute atomic E-state index is 0.0787. The number of rotatable bonds is 12. The molecule has 0 saturated carbocycles. The van der Waals surface area contributed by atoms with Crippen molar-refractivity contribution in [1.29, 1.82) is 0 Å². The summed E-state index contributed by atoms with van der Waals surface area (Å²) in [6.07, 6.45) is 1.000. The van der Waals surface area contributed by atoms with Crippen LogP contribution in [0, 0.1) is 0 Å². The van der Waals surface area contributed by atoms with Gasteiger partial charge in [-0.25, -0.2) is 13.4 Å². The number of para-hydroxylation sites is 2. The molecule has 1 aromatic heterocycles. The number of carbonyl (C=O) groups excluding carboxylic acids is 2. The van der Waals surface area contributed by atoms with Crippen molar-refractivity contribution in [3.63, 3.8) is 0 Å². The summed E-state index contributed by atoms with van der Waals surface area (Å²) in [7, 11) is -3.60. The number of amides is 1. The molecular formula is C25H31N3O5S. The van der Waals surface area contributed by atoms with E-state index in [2.05, 4.69) is 15.6 Å². The van der Waals surface area contributed by atoms with Crippen LogP contribution in [0.2, 0.25) is 0 Å². The van der Waals surface area contributed by atoms with Crippen molar-refractivity contribution >= 4 is 32.6 Å². The molecule has 1 amide bonds. The van der Waals surface area contributed by atoms with Gasteiger partial charge in [-0.15, -0.1) is 0 Å². The number of benzene rings is 2. The number of ketones is 1. The van der Waals surface area contributed by atoms with Crippen LogP contribution in [0.15, 0.2) is 59.0 Å². The first-order chi connectivity index (χ1) is 16.2. The highest BCUT2D eigenvalue weighted by Crippen LogP contribution is 2.17. The van der Waals surface area contributed by atoms with Gasteiger partial charge in [0.1, 0.15) is 11.6 Å². The lowest BCUT2D eigenvalue weighted by Crippen LogP contribution is -2.54. The molecule has 0 bridgehead atoms. The predicted molar refractivity (Wildman–Crippen MR) is 131 cm³/mol. The molecule has 34 heavy (non-hydrogen) atoms. The Morgan fingerprint density at radius 3 is 2.32 bits per heavy atom. The Morgan fingerprint density at radius 2 is 1.68 bits per heavy atom. The van der Waals surface area contributed by atoms with Crippen molar-refractivity contribution in [2.24, 2.45) is 0 Å². The van der Waals surface area contributed by atoms with Crippen LogP contribution in [0.3, 0.4) is 0 Å². The zero-order valence-electron chi connectivity index (χ0n) is 19.7. The molecule has 1 unspecified atom stereocenters. The fraction of sp³-hybridized carbons (Fsp3) is 0.400. The van der Waals surface area contributed by atoms with Crippen molar-refractivity contribution in [3.05, 3.63) is 66.1 Å². The predicted octanol–water partition coefficient (Wildman–Crippen LogP) is 3.28. The Morgan fingerprint density at radius 1 is 1.00 bits per heavy atom. The molecule has 8 nitrogen and oxygen atoms in total. The molecule has 9 heteroatoms. The average Bonchev–Trinajstić information content (AvgIpc) is 3.22. The minimum atomic E-state index is -3.60. The number of hydrogen-bond acceptors (Lipinski definition) is 7. The number of nitrogens with zero attached hydrogens (tertiary/aromatic N) is 1. The molecule has 0 radical (unpaired) electrons. The maximum Gasteiger partial charge on any atom is 0.266 e. The highest BCUT2D eigenvalue weighted by Gasteiger charge is 2.31. The molecule has 1 heterocycles. The van der Waals surface area contributed by atoms with Crippen LogP contribution in [0.4, 0.5) is 0 Å². The highest BCUT2D eigenvalue weighted by atomic mass is 32.2. The van der Waals surface area contributed by atoms with Crippen molar-refractivity contribution in [2.45, 2.75) is 57.5 Å². The summed E-state index contributed by atoms with van der Waals surface area (Å²) in [6, 6.07) is 13.8. The maximum absolute atomic E-state index is 13.2. The van der Waals surface area contributed by atoms with Crippen molar-refractivity contribution < 1.29 is 22.4 Å². The lowest BCUT2D eigenvalue weighted by Gasteiger charge is -2.23. The summed E-state index contributed by atoms with van der Waals surface area (Å²) in [4.78, 5) is 30.5. The van der Waals surface area contributed by atoms with E-state index in [0.717, 1.165) is 0 Å². The molecular weight excluding hydrogens is 454 g/mol. The van der Waals surface area contributed by atoms with Gasteiger partial charge in [0, 0.05) is 6.04 Å². The first kappa shape index (κ1) is 25.6. The van der Waals surface area contributed by atoms with E-state index in [1.807, 2.05) is 26.8 Å². The normalized spacial score (nSPS) is 13.6. The number of aromatic nitrogens is 1. The largest absolute Gasteiger partial charge is 0.434 e. The number of nitrogens with one attached hydrogen (secondary N) is 2. The maximum atomic E-state index is 13.2. The van der Waals surface area contributed by atoms with E-state index < -0.39 is 33.6 Å². The van der Waals surface area contributed by atoms with Crippen LogP contribution in [-0.2, 0) is 20.4 Å². The quantitative estimate of drug-likeness (QED) is 0.378. The molecule has 3 aromatic rings. The van der Waals surface area contributed by atoms with E-state index in [1.165, 1.54) is 0 Å². The minimum Gasteiger partial charge on any atom is -0.434 e. The average molecular weight is 486 g/mol. The fourth-order valence-electron chi connectivity index (χ4n) is 3.70. The van der Waals surface area contributed by atoms with Gasteiger partial charge in [0.05, 0.1) is 17.5 Å². The van der Waals surface area contributed by atoms with Gasteiger partial charge in [-0.3, -0.25) is 9.59 Å². The van der Waals surface area contributed by atoms with Gasteiger partial charge < -0.3 is 15.1 Å². The number of sulfone groups is 1. The Bertz CT molecular complexity index is 1190. The molecule has 3 rings (SSSR count). The van der Waals surface area contributed by atoms with Gasteiger partial charge >= 0.3 is 0 Å². The van der Waals surface area contributed by atoms with Crippen LogP contribution in [-0.4, -0.2) is 49.0 Å². The first-order valence-corrected chi connectivity index (χ1v) is 13.2. The highest BCUT2D eigenvalue weighted by molar-refractivity contribution is 7.90. The van der Waals surface area contributed by atoms with Crippen molar-refractivity contribution in [1.82, 2.24) is 15.6 Å². The fourth-order valence-corrected chi connectivity index (χ4v) is 5.27. The number of fused-ring (bicyclic) bond motifs is 1. The third kappa shape index (κ3) is 6.98. The SMILES string of the molecule is CCC[C@H](NC(=O)C(CS(=O)(=O)Cc1ccccc1)NC(C)C)C(=O)c1nc2ccccc2o1. The summed E-state index contributed by atoms with van der Waals surface area (Å²) in [5.41, 5.74) is 1.69.